The fourth-order valence-electron chi connectivity index (χ4n) is 7.60. The minimum absolute atomic E-state index is 0.324. The van der Waals surface area contributed by atoms with Crippen LogP contribution in [0.15, 0.2) is 76.7 Å². The molecule has 0 atom stereocenters. The third-order valence-corrected chi connectivity index (χ3v) is 10.2. The van der Waals surface area contributed by atoms with Crippen molar-refractivity contribution in [3.8, 4) is 0 Å². The van der Waals surface area contributed by atoms with Crippen LogP contribution in [0, 0.1) is 13.8 Å². The Labute approximate surface area is 308 Å². The van der Waals surface area contributed by atoms with Gasteiger partial charge in [-0.25, -0.2) is 0 Å². The van der Waals surface area contributed by atoms with Gasteiger partial charge in [0.2, 0.25) is 11.2 Å². The van der Waals surface area contributed by atoms with E-state index in [1.807, 2.05) is 75.2 Å². The van der Waals surface area contributed by atoms with Gasteiger partial charge in [0.05, 0.1) is 33.5 Å². The molecule has 2 amide bonds. The van der Waals surface area contributed by atoms with Crippen molar-refractivity contribution >= 4 is 33.9 Å². The number of aromatic nitrogens is 8. The van der Waals surface area contributed by atoms with Crippen LogP contribution in [0.2, 0.25) is 0 Å². The molecule has 1 aliphatic heterocycles. The van der Waals surface area contributed by atoms with Crippen LogP contribution in [0.25, 0.3) is 22.1 Å². The van der Waals surface area contributed by atoms with Crippen LogP contribution in [0.3, 0.4) is 0 Å². The Hall–Kier alpha value is -5.56. The highest BCUT2D eigenvalue weighted by molar-refractivity contribution is 5.94. The van der Waals surface area contributed by atoms with Crippen LogP contribution in [0.5, 0.6) is 0 Å². The third-order valence-electron chi connectivity index (χ3n) is 10.2. The Kier molecular flexibility index (Phi) is 10.3. The van der Waals surface area contributed by atoms with Gasteiger partial charge in [-0.3, -0.25) is 23.9 Å². The molecule has 7 rings (SSSR count). The molecule has 0 bridgehead atoms. The molecule has 0 unspecified atom stereocenters. The van der Waals surface area contributed by atoms with Crippen molar-refractivity contribution in [2.45, 2.75) is 79.7 Å². The fourth-order valence-corrected chi connectivity index (χ4v) is 7.60. The molecule has 53 heavy (non-hydrogen) atoms. The van der Waals surface area contributed by atoms with Crippen molar-refractivity contribution < 1.29 is 9.59 Å². The number of nitrogens with zero attached hydrogens (tertiary/aromatic N) is 11. The number of amides is 2. The van der Waals surface area contributed by atoms with E-state index in [-0.39, 0.29) is 11.8 Å². The standard InChI is InChI=1S/C40H49N11O2/c1-7-50-34(25-28(3)43-50)37(52)41-39-45(5)31-18-10-11-19-32(31)48(39)23-14-15-24-49-36-30(27-47-21-12-9-13-22-47)17-16-20-33(36)46(6)40(49)42-38(53)35-26-29(4)44-51(35)8-2/h10-11,14-20,25-26H,7-9,12-13,21-24,27H2,1-6H3/b15-14+,41-39?,42-40?. The zero-order chi connectivity index (χ0) is 37.2. The van der Waals surface area contributed by atoms with Crippen LogP contribution in [0.4, 0.5) is 0 Å². The lowest BCUT2D eigenvalue weighted by Gasteiger charge is -2.26. The summed E-state index contributed by atoms with van der Waals surface area (Å²) in [5.74, 6) is -0.658. The van der Waals surface area contributed by atoms with E-state index in [1.165, 1.54) is 24.8 Å². The van der Waals surface area contributed by atoms with Gasteiger partial charge in [0, 0.05) is 46.8 Å². The van der Waals surface area contributed by atoms with Crippen molar-refractivity contribution in [1.82, 2.24) is 42.7 Å². The molecular weight excluding hydrogens is 667 g/mol. The zero-order valence-corrected chi connectivity index (χ0v) is 31.7. The normalized spacial score (nSPS) is 14.8. The lowest BCUT2D eigenvalue weighted by atomic mass is 10.1. The summed E-state index contributed by atoms with van der Waals surface area (Å²) >= 11 is 0. The Morgan fingerprint density at radius 3 is 1.83 bits per heavy atom. The number of aryl methyl sites for hydroxylation is 6. The number of hydrogen-bond donors (Lipinski definition) is 0. The SMILES string of the molecule is CCn1nc(C)cc1C(=O)N=c1n(C)c2ccccc2n1C/C=C/Cn1c(=NC(=O)c2cc(C)nn2CC)n(C)c2cccc(CN3CCCCC3)c21. The number of hydrogen-bond acceptors (Lipinski definition) is 5. The molecule has 276 valence electrons. The smallest absolute Gasteiger partial charge is 0.298 e. The molecule has 6 aromatic rings. The Morgan fingerprint density at radius 2 is 1.23 bits per heavy atom. The van der Waals surface area contributed by atoms with Crippen molar-refractivity contribution in [2.75, 3.05) is 13.1 Å². The number of carbonyl (C=O) groups excluding carboxylic acids is 2. The lowest BCUT2D eigenvalue weighted by Crippen LogP contribution is -2.29. The molecule has 13 heteroatoms. The van der Waals surface area contributed by atoms with Crippen LogP contribution in [0.1, 0.15) is 71.0 Å². The first-order chi connectivity index (χ1) is 25.7. The highest BCUT2D eigenvalue weighted by atomic mass is 16.2. The molecule has 0 saturated carbocycles. The number of likely N-dealkylation sites (tertiary alicyclic amines) is 1. The highest BCUT2D eigenvalue weighted by Crippen LogP contribution is 2.22. The topological polar surface area (TPSA) is 117 Å². The molecule has 1 aliphatic rings. The third kappa shape index (κ3) is 7.00. The number of piperidine rings is 1. The van der Waals surface area contributed by atoms with Gasteiger partial charge in [0.15, 0.2) is 0 Å². The summed E-state index contributed by atoms with van der Waals surface area (Å²) in [6.45, 7) is 12.8. The quantitative estimate of drug-likeness (QED) is 0.184. The Balaban J connectivity index is 1.29. The largest absolute Gasteiger partial charge is 0.313 e. The average molecular weight is 716 g/mol. The van der Waals surface area contributed by atoms with E-state index in [0.29, 0.717) is 48.8 Å². The summed E-state index contributed by atoms with van der Waals surface area (Å²) in [5.41, 5.74) is 8.86. The summed E-state index contributed by atoms with van der Waals surface area (Å²) in [6.07, 6.45) is 7.89. The van der Waals surface area contributed by atoms with Crippen LogP contribution >= 0.6 is 0 Å². The Bertz CT molecular complexity index is 2490. The van der Waals surface area contributed by atoms with Gasteiger partial charge in [-0.05, 0) is 89.5 Å². The molecule has 0 spiro atoms. The highest BCUT2D eigenvalue weighted by Gasteiger charge is 2.20. The molecule has 4 aromatic heterocycles. The monoisotopic (exact) mass is 715 g/mol. The van der Waals surface area contributed by atoms with Crippen molar-refractivity contribution in [3.63, 3.8) is 0 Å². The maximum Gasteiger partial charge on any atom is 0.298 e. The van der Waals surface area contributed by atoms with E-state index in [1.54, 1.807) is 21.5 Å². The second kappa shape index (κ2) is 15.2. The van der Waals surface area contributed by atoms with Gasteiger partial charge in [0.1, 0.15) is 11.4 Å². The van der Waals surface area contributed by atoms with E-state index in [0.717, 1.165) is 53.1 Å². The molecular formula is C40H49N11O2. The molecule has 1 saturated heterocycles. The first-order valence-corrected chi connectivity index (χ1v) is 18.6. The lowest BCUT2D eigenvalue weighted by molar-refractivity contribution is 0.0977. The van der Waals surface area contributed by atoms with Crippen molar-refractivity contribution in [1.29, 1.82) is 0 Å². The van der Waals surface area contributed by atoms with Gasteiger partial charge < -0.3 is 18.3 Å². The number of carbonyl (C=O) groups is 2. The van der Waals surface area contributed by atoms with E-state index < -0.39 is 0 Å². The van der Waals surface area contributed by atoms with Crippen LogP contribution < -0.4 is 11.2 Å². The van der Waals surface area contributed by atoms with Gasteiger partial charge in [-0.15, -0.1) is 0 Å². The van der Waals surface area contributed by atoms with Gasteiger partial charge >= 0.3 is 0 Å². The number of benzene rings is 2. The van der Waals surface area contributed by atoms with Crippen molar-refractivity contribution in [2.24, 2.45) is 24.1 Å². The summed E-state index contributed by atoms with van der Waals surface area (Å²) in [6, 6.07) is 18.0. The molecule has 0 radical (unpaired) electrons. The van der Waals surface area contributed by atoms with Crippen LogP contribution in [-0.4, -0.2) is 67.6 Å². The number of imidazole rings is 2. The predicted molar refractivity (Wildman–Crippen MR) is 205 cm³/mol. The minimum atomic E-state index is -0.334. The second-order valence-electron chi connectivity index (χ2n) is 13.8. The number of allylic oxidation sites excluding steroid dienone is 2. The second-order valence-corrected chi connectivity index (χ2v) is 13.8. The minimum Gasteiger partial charge on any atom is -0.313 e. The summed E-state index contributed by atoms with van der Waals surface area (Å²) < 4.78 is 11.6. The van der Waals surface area contributed by atoms with Crippen LogP contribution in [-0.2, 0) is 46.8 Å². The molecule has 5 heterocycles. The maximum atomic E-state index is 13.8. The molecule has 0 aliphatic carbocycles. The first kappa shape index (κ1) is 35.8. The van der Waals surface area contributed by atoms with E-state index in [4.69, 9.17) is 4.99 Å². The predicted octanol–water partition coefficient (Wildman–Crippen LogP) is 5.05. The number of rotatable bonds is 10. The van der Waals surface area contributed by atoms with Crippen molar-refractivity contribution in [3.05, 3.63) is 106 Å². The van der Waals surface area contributed by atoms with E-state index >= 15 is 0 Å². The first-order valence-electron chi connectivity index (χ1n) is 18.6. The zero-order valence-electron chi connectivity index (χ0n) is 31.7. The summed E-state index contributed by atoms with van der Waals surface area (Å²) in [7, 11) is 3.91. The van der Waals surface area contributed by atoms with E-state index in [9.17, 15) is 9.59 Å². The summed E-state index contributed by atoms with van der Waals surface area (Å²) in [5, 5.41) is 8.95. The maximum absolute atomic E-state index is 13.8. The van der Waals surface area contributed by atoms with Gasteiger partial charge in [-0.1, -0.05) is 42.8 Å². The summed E-state index contributed by atoms with van der Waals surface area (Å²) in [4.78, 5) is 39.3. The molecule has 13 nitrogen and oxygen atoms in total. The van der Waals surface area contributed by atoms with Gasteiger partial charge in [-0.2, -0.15) is 20.2 Å². The number of para-hydroxylation sites is 3. The molecule has 0 N–H and O–H groups in total. The Morgan fingerprint density at radius 1 is 0.698 bits per heavy atom. The number of fused-ring (bicyclic) bond motifs is 2. The van der Waals surface area contributed by atoms with E-state index in [2.05, 4.69) is 59.6 Å². The fraction of sp³-hybridized carbons (Fsp3) is 0.400. The average Bonchev–Trinajstić information content (AvgIpc) is 3.89. The molecule has 2 aromatic carbocycles. The molecule has 1 fully saturated rings. The van der Waals surface area contributed by atoms with Gasteiger partial charge in [0.25, 0.3) is 11.8 Å².